The molecule has 2 amide bonds. The maximum absolute atomic E-state index is 12.9. The fourth-order valence-corrected chi connectivity index (χ4v) is 4.63. The van der Waals surface area contributed by atoms with Crippen LogP contribution in [0.15, 0.2) is 24.3 Å². The van der Waals surface area contributed by atoms with Crippen molar-refractivity contribution in [3.63, 3.8) is 0 Å². The third-order valence-corrected chi connectivity index (χ3v) is 5.72. The second kappa shape index (κ2) is 6.72. The first kappa shape index (κ1) is 18.4. The van der Waals surface area contributed by atoms with E-state index >= 15 is 0 Å². The number of likely N-dealkylation sites (tertiary alicyclic amines) is 1. The van der Waals surface area contributed by atoms with Crippen LogP contribution in [0.4, 0.5) is 0 Å². The number of carbonyl (C=O) groups excluding carboxylic acids is 3. The number of nitrogens with two attached hydrogens (primary N) is 1. The van der Waals surface area contributed by atoms with E-state index in [1.54, 1.807) is 7.11 Å². The highest BCUT2D eigenvalue weighted by atomic mass is 16.5. The van der Waals surface area contributed by atoms with Gasteiger partial charge in [-0.1, -0.05) is 19.1 Å². The van der Waals surface area contributed by atoms with Gasteiger partial charge in [0.1, 0.15) is 23.6 Å². The average molecular weight is 361 g/mol. The molecule has 2 N–H and O–H groups in total. The van der Waals surface area contributed by atoms with E-state index in [-0.39, 0.29) is 17.9 Å². The Morgan fingerprint density at radius 3 is 2.54 bits per heavy atom. The van der Waals surface area contributed by atoms with Crippen LogP contribution >= 0.6 is 0 Å². The lowest BCUT2D eigenvalue weighted by Crippen LogP contribution is -2.98. The van der Waals surface area contributed by atoms with E-state index in [0.29, 0.717) is 18.6 Å². The SMILES string of the molecule is CCC[C@@]1(C(=O)OC)[NH2+][C@@H](c2ccccc2OC)[C@H]2C(=O)N(C)C(=O)[C@H]21. The smallest absolute Gasteiger partial charge is 0.368 e. The second-order valence-electron chi connectivity index (χ2n) is 6.96. The summed E-state index contributed by atoms with van der Waals surface area (Å²) >= 11 is 0. The van der Waals surface area contributed by atoms with Crippen molar-refractivity contribution in [1.82, 2.24) is 4.90 Å². The summed E-state index contributed by atoms with van der Waals surface area (Å²) in [6.45, 7) is 1.95. The first-order chi connectivity index (χ1) is 12.4. The summed E-state index contributed by atoms with van der Waals surface area (Å²) in [6, 6.07) is 7.03. The molecule has 140 valence electrons. The number of imide groups is 1. The second-order valence-corrected chi connectivity index (χ2v) is 6.96. The zero-order valence-corrected chi connectivity index (χ0v) is 15.5. The molecule has 0 saturated carbocycles. The van der Waals surface area contributed by atoms with Gasteiger partial charge in [0.05, 0.1) is 19.8 Å². The highest BCUT2D eigenvalue weighted by Crippen LogP contribution is 2.47. The Hall–Kier alpha value is -2.41. The molecule has 3 rings (SSSR count). The Labute approximate surface area is 152 Å². The van der Waals surface area contributed by atoms with E-state index in [9.17, 15) is 14.4 Å². The molecule has 0 radical (unpaired) electrons. The van der Waals surface area contributed by atoms with Crippen LogP contribution in [-0.4, -0.2) is 49.5 Å². The molecule has 2 saturated heterocycles. The van der Waals surface area contributed by atoms with Gasteiger partial charge in [-0.05, 0) is 18.6 Å². The third-order valence-electron chi connectivity index (χ3n) is 5.72. The minimum Gasteiger partial charge on any atom is -0.496 e. The predicted molar refractivity (Wildman–Crippen MR) is 92.1 cm³/mol. The summed E-state index contributed by atoms with van der Waals surface area (Å²) in [4.78, 5) is 39.7. The molecule has 2 aliphatic rings. The van der Waals surface area contributed by atoms with Crippen molar-refractivity contribution in [2.45, 2.75) is 31.3 Å². The van der Waals surface area contributed by atoms with Gasteiger partial charge < -0.3 is 14.8 Å². The predicted octanol–water partition coefficient (Wildman–Crippen LogP) is 0.256. The molecule has 7 heteroatoms. The fourth-order valence-electron chi connectivity index (χ4n) is 4.63. The minimum atomic E-state index is -1.10. The maximum atomic E-state index is 12.9. The largest absolute Gasteiger partial charge is 0.496 e. The van der Waals surface area contributed by atoms with Gasteiger partial charge in [-0.3, -0.25) is 14.5 Å². The van der Waals surface area contributed by atoms with Crippen LogP contribution in [0.25, 0.3) is 0 Å². The number of hydrogen-bond acceptors (Lipinski definition) is 5. The highest BCUT2D eigenvalue weighted by molar-refractivity contribution is 6.08. The van der Waals surface area contributed by atoms with Gasteiger partial charge in [-0.25, -0.2) is 4.79 Å². The molecule has 0 aliphatic carbocycles. The van der Waals surface area contributed by atoms with E-state index in [2.05, 4.69) is 0 Å². The van der Waals surface area contributed by atoms with Gasteiger partial charge in [-0.15, -0.1) is 0 Å². The Morgan fingerprint density at radius 2 is 1.92 bits per heavy atom. The van der Waals surface area contributed by atoms with Gasteiger partial charge in [0.25, 0.3) is 0 Å². The summed E-state index contributed by atoms with van der Waals surface area (Å²) in [7, 11) is 4.37. The van der Waals surface area contributed by atoms with Crippen molar-refractivity contribution < 1.29 is 29.2 Å². The summed E-state index contributed by atoms with van der Waals surface area (Å²) < 4.78 is 10.5. The Balaban J connectivity index is 2.17. The molecule has 0 spiro atoms. The number of amides is 2. The Bertz CT molecular complexity index is 749. The molecule has 0 unspecified atom stereocenters. The van der Waals surface area contributed by atoms with E-state index < -0.39 is 23.3 Å². The zero-order chi connectivity index (χ0) is 19.1. The highest BCUT2D eigenvalue weighted by Gasteiger charge is 2.71. The summed E-state index contributed by atoms with van der Waals surface area (Å²) in [5.41, 5.74) is -0.291. The van der Waals surface area contributed by atoms with E-state index in [1.807, 2.05) is 36.5 Å². The molecule has 1 aromatic rings. The van der Waals surface area contributed by atoms with E-state index in [1.165, 1.54) is 14.2 Å². The standard InChI is InChI=1S/C19H24N2O5/c1-5-10-19(18(24)26-4)14-13(16(22)21(2)17(14)23)15(20-19)11-8-6-7-9-12(11)25-3/h6-9,13-15,20H,5,10H2,1-4H3/p+1/t13-,14-,15-,19+/m0/s1. The van der Waals surface area contributed by atoms with Gasteiger partial charge in [0, 0.05) is 13.5 Å². The molecule has 2 fully saturated rings. The monoisotopic (exact) mass is 361 g/mol. The van der Waals surface area contributed by atoms with Crippen molar-refractivity contribution in [2.75, 3.05) is 21.3 Å². The lowest BCUT2D eigenvalue weighted by molar-refractivity contribution is -0.735. The van der Waals surface area contributed by atoms with Crippen LogP contribution in [0.2, 0.25) is 0 Å². The van der Waals surface area contributed by atoms with Crippen LogP contribution in [0.3, 0.4) is 0 Å². The summed E-state index contributed by atoms with van der Waals surface area (Å²) in [6.07, 6.45) is 1.15. The number of para-hydroxylation sites is 1. The number of nitrogens with zero attached hydrogens (tertiary/aromatic N) is 1. The molecular formula is C19H25N2O5+. The lowest BCUT2D eigenvalue weighted by Gasteiger charge is -2.28. The Morgan fingerprint density at radius 1 is 1.23 bits per heavy atom. The first-order valence-corrected chi connectivity index (χ1v) is 8.81. The molecule has 1 aromatic carbocycles. The van der Waals surface area contributed by atoms with Gasteiger partial charge in [-0.2, -0.15) is 0 Å². The van der Waals surface area contributed by atoms with Crippen molar-refractivity contribution >= 4 is 17.8 Å². The number of rotatable bonds is 5. The topological polar surface area (TPSA) is 89.5 Å². The Kier molecular flexibility index (Phi) is 4.75. The van der Waals surface area contributed by atoms with Crippen LogP contribution < -0.4 is 10.1 Å². The number of benzene rings is 1. The normalized spacial score (nSPS) is 30.5. The number of quaternary nitrogens is 1. The van der Waals surface area contributed by atoms with Crippen LogP contribution in [0, 0.1) is 11.8 Å². The molecular weight excluding hydrogens is 336 g/mol. The number of carbonyl (C=O) groups is 3. The fraction of sp³-hybridized carbons (Fsp3) is 0.526. The van der Waals surface area contributed by atoms with Crippen LogP contribution in [0.1, 0.15) is 31.4 Å². The molecule has 7 nitrogen and oxygen atoms in total. The molecule has 2 aliphatic heterocycles. The van der Waals surface area contributed by atoms with Crippen molar-refractivity contribution in [3.8, 4) is 5.75 Å². The maximum Gasteiger partial charge on any atom is 0.368 e. The van der Waals surface area contributed by atoms with Gasteiger partial charge >= 0.3 is 5.97 Å². The van der Waals surface area contributed by atoms with E-state index in [0.717, 1.165) is 10.5 Å². The number of methoxy groups -OCH3 is 2. The number of hydrogen-bond donors (Lipinski definition) is 1. The van der Waals surface area contributed by atoms with Crippen molar-refractivity contribution in [3.05, 3.63) is 29.8 Å². The molecule has 26 heavy (non-hydrogen) atoms. The first-order valence-electron chi connectivity index (χ1n) is 8.81. The van der Waals surface area contributed by atoms with Gasteiger partial charge in [0.15, 0.2) is 0 Å². The van der Waals surface area contributed by atoms with Gasteiger partial charge in [0.2, 0.25) is 17.4 Å². The molecule has 0 aromatic heterocycles. The number of esters is 1. The van der Waals surface area contributed by atoms with Crippen molar-refractivity contribution in [2.24, 2.45) is 11.8 Å². The number of fused-ring (bicyclic) bond motifs is 1. The lowest BCUT2D eigenvalue weighted by atomic mass is 9.77. The molecule has 0 bridgehead atoms. The number of ether oxygens (including phenoxy) is 2. The van der Waals surface area contributed by atoms with Crippen LogP contribution in [0.5, 0.6) is 5.75 Å². The quantitative estimate of drug-likeness (QED) is 0.600. The molecule has 2 heterocycles. The summed E-state index contributed by atoms with van der Waals surface area (Å²) in [5, 5.41) is 1.86. The molecule has 4 atom stereocenters. The third kappa shape index (κ3) is 2.41. The zero-order valence-electron chi connectivity index (χ0n) is 15.5. The van der Waals surface area contributed by atoms with E-state index in [4.69, 9.17) is 9.47 Å². The average Bonchev–Trinajstić information content (AvgIpc) is 3.11. The van der Waals surface area contributed by atoms with Crippen molar-refractivity contribution in [1.29, 1.82) is 0 Å². The minimum absolute atomic E-state index is 0.256. The van der Waals surface area contributed by atoms with Crippen LogP contribution in [-0.2, 0) is 19.1 Å². The summed E-state index contributed by atoms with van der Waals surface area (Å²) in [5.74, 6) is -1.74.